The summed E-state index contributed by atoms with van der Waals surface area (Å²) in [5, 5.41) is 4.91. The highest BCUT2D eigenvalue weighted by Gasteiger charge is 2.26. The van der Waals surface area contributed by atoms with Crippen molar-refractivity contribution in [1.29, 1.82) is 0 Å². The van der Waals surface area contributed by atoms with Crippen molar-refractivity contribution in [2.45, 2.75) is 12.5 Å². The Kier molecular flexibility index (Phi) is 8.45. The highest BCUT2D eigenvalue weighted by molar-refractivity contribution is 6.16. The fraction of sp³-hybridized carbons (Fsp3) is 0.0357. The van der Waals surface area contributed by atoms with Crippen LogP contribution in [0.2, 0.25) is 0 Å². The second-order valence-corrected chi connectivity index (χ2v) is 15.4. The van der Waals surface area contributed by atoms with Gasteiger partial charge in [0, 0.05) is 28.5 Å². The third-order valence-electron chi connectivity index (χ3n) is 11.8. The number of fused-ring (bicyclic) bond motifs is 5. The molecule has 0 saturated carbocycles. The molecule has 59 heavy (non-hydrogen) atoms. The van der Waals surface area contributed by atoms with E-state index in [0.29, 0.717) is 0 Å². The molecule has 278 valence electrons. The van der Waals surface area contributed by atoms with E-state index in [1.165, 1.54) is 38.2 Å². The minimum Gasteiger partial charge on any atom is -0.299 e. The van der Waals surface area contributed by atoms with Gasteiger partial charge in [0.2, 0.25) is 0 Å². The highest BCUT2D eigenvalue weighted by atomic mass is 15.0. The van der Waals surface area contributed by atoms with Gasteiger partial charge in [0.25, 0.3) is 0 Å². The molecule has 8 aromatic carbocycles. The monoisotopic (exact) mass is 753 g/mol. The minimum atomic E-state index is -0.281. The molecule has 3 heterocycles. The smallest absolute Gasteiger partial charge is 0.137 e. The van der Waals surface area contributed by atoms with E-state index in [1.54, 1.807) is 0 Å². The van der Waals surface area contributed by atoms with Gasteiger partial charge < -0.3 is 0 Å². The Morgan fingerprint density at radius 2 is 1.10 bits per heavy atom. The van der Waals surface area contributed by atoms with E-state index >= 15 is 0 Å². The molecule has 2 aromatic heterocycles. The molecular weight excluding hydrogens is 715 g/mol. The molecule has 1 aliphatic rings. The zero-order valence-electron chi connectivity index (χ0n) is 32.5. The van der Waals surface area contributed by atoms with Crippen LogP contribution in [0.3, 0.4) is 0 Å². The van der Waals surface area contributed by atoms with Gasteiger partial charge in [0.05, 0.1) is 23.1 Å². The van der Waals surface area contributed by atoms with Crippen LogP contribution >= 0.6 is 0 Å². The summed E-state index contributed by atoms with van der Waals surface area (Å²) in [5.41, 5.74) is 16.4. The van der Waals surface area contributed by atoms with Gasteiger partial charge in [-0.15, -0.1) is 0 Å². The van der Waals surface area contributed by atoms with E-state index in [9.17, 15) is 0 Å². The first-order valence-electron chi connectivity index (χ1n) is 20.2. The van der Waals surface area contributed by atoms with Gasteiger partial charge >= 0.3 is 0 Å². The van der Waals surface area contributed by atoms with E-state index < -0.39 is 0 Å². The summed E-state index contributed by atoms with van der Waals surface area (Å²) in [6, 6.07) is 71.4. The molecular formula is C56H39N3. The predicted molar refractivity (Wildman–Crippen MR) is 246 cm³/mol. The first kappa shape index (κ1) is 34.6. The van der Waals surface area contributed by atoms with Crippen molar-refractivity contribution in [3.8, 4) is 44.8 Å². The summed E-state index contributed by atoms with van der Waals surface area (Å²) >= 11 is 0. The van der Waals surface area contributed by atoms with Crippen LogP contribution in [0.15, 0.2) is 224 Å². The van der Waals surface area contributed by atoms with Crippen LogP contribution < -0.4 is 0 Å². The molecule has 3 nitrogen and oxygen atoms in total. The molecule has 1 unspecified atom stereocenters. The van der Waals surface area contributed by atoms with E-state index in [0.717, 1.165) is 73.7 Å². The zero-order chi connectivity index (χ0) is 39.3. The minimum absolute atomic E-state index is 0.281. The highest BCUT2D eigenvalue weighted by Crippen LogP contribution is 2.42. The summed E-state index contributed by atoms with van der Waals surface area (Å²) in [7, 11) is 0. The van der Waals surface area contributed by atoms with E-state index in [4.69, 9.17) is 16.6 Å². The van der Waals surface area contributed by atoms with E-state index in [-0.39, 0.29) is 6.04 Å². The van der Waals surface area contributed by atoms with Crippen LogP contribution in [0, 0.1) is 0 Å². The molecule has 3 heteroatoms. The SMILES string of the molecule is C=C1Cc2c(ccc3ccccc23)C(c2ccccc2)=NC1c1cc(-c2cccc(-c3nc4ccccn4c3-c3ccccc3)c2)cc(-c2cccc3ccccc23)c1. The molecule has 0 spiro atoms. The molecule has 1 aliphatic heterocycles. The standard InChI is InChI=1S/C56H39N3/c1-37-32-51-48-26-11-9-17-39(48)29-30-50(51)54(40-18-4-2-5-19-40)58-53(37)46-35-44(34-45(36-46)49-27-15-22-38-16-8-10-25-47(38)49)42-23-14-24-43(33-42)55-56(41-20-6-3-7-21-41)59-31-13-12-28-52(59)57-55/h2-31,33-36,53H,1,32H2. The first-order chi connectivity index (χ1) is 29.2. The number of hydrogen-bond acceptors (Lipinski definition) is 2. The fourth-order valence-corrected chi connectivity index (χ4v) is 9.02. The lowest BCUT2D eigenvalue weighted by Gasteiger charge is -2.19. The summed E-state index contributed by atoms with van der Waals surface area (Å²) in [6.07, 6.45) is 2.82. The van der Waals surface area contributed by atoms with Crippen molar-refractivity contribution in [2.75, 3.05) is 0 Å². The van der Waals surface area contributed by atoms with Crippen molar-refractivity contribution in [3.63, 3.8) is 0 Å². The van der Waals surface area contributed by atoms with Gasteiger partial charge in [0.15, 0.2) is 0 Å². The molecule has 0 radical (unpaired) electrons. The summed E-state index contributed by atoms with van der Waals surface area (Å²) in [4.78, 5) is 10.9. The summed E-state index contributed by atoms with van der Waals surface area (Å²) in [5.74, 6) is 0. The first-order valence-corrected chi connectivity index (χ1v) is 20.2. The second-order valence-electron chi connectivity index (χ2n) is 15.4. The number of nitrogens with zero attached hydrogens (tertiary/aromatic N) is 3. The van der Waals surface area contributed by atoms with Crippen molar-refractivity contribution >= 4 is 32.9 Å². The molecule has 0 bridgehead atoms. The normalized spacial score (nSPS) is 14.0. The van der Waals surface area contributed by atoms with E-state index in [2.05, 4.69) is 205 Å². The Morgan fingerprint density at radius 3 is 1.93 bits per heavy atom. The lowest BCUT2D eigenvalue weighted by atomic mass is 9.87. The Bertz CT molecular complexity index is 3260. The maximum absolute atomic E-state index is 5.72. The third kappa shape index (κ3) is 6.16. The molecule has 0 aliphatic carbocycles. The molecule has 1 atom stereocenters. The average molecular weight is 754 g/mol. The maximum Gasteiger partial charge on any atom is 0.137 e. The molecule has 0 fully saturated rings. The van der Waals surface area contributed by atoms with Crippen LogP contribution in [0.5, 0.6) is 0 Å². The van der Waals surface area contributed by atoms with Crippen LogP contribution in [0.1, 0.15) is 28.3 Å². The zero-order valence-corrected chi connectivity index (χ0v) is 32.5. The quantitative estimate of drug-likeness (QED) is 0.156. The molecule has 0 saturated heterocycles. The van der Waals surface area contributed by atoms with Gasteiger partial charge in [-0.1, -0.05) is 170 Å². The topological polar surface area (TPSA) is 29.7 Å². The van der Waals surface area contributed by atoms with Crippen molar-refractivity contribution in [2.24, 2.45) is 4.99 Å². The van der Waals surface area contributed by atoms with Crippen molar-refractivity contribution in [1.82, 2.24) is 9.38 Å². The lowest BCUT2D eigenvalue weighted by Crippen LogP contribution is -2.07. The number of hydrogen-bond donors (Lipinski definition) is 0. The fourth-order valence-electron chi connectivity index (χ4n) is 9.02. The average Bonchev–Trinajstić information content (AvgIpc) is 3.62. The largest absolute Gasteiger partial charge is 0.299 e. The van der Waals surface area contributed by atoms with Crippen LogP contribution in [-0.4, -0.2) is 15.1 Å². The van der Waals surface area contributed by atoms with Crippen LogP contribution in [0.25, 0.3) is 72.0 Å². The van der Waals surface area contributed by atoms with Gasteiger partial charge in [-0.3, -0.25) is 9.39 Å². The number of aromatic nitrogens is 2. The molecule has 10 aromatic rings. The molecule has 11 rings (SSSR count). The van der Waals surface area contributed by atoms with Crippen LogP contribution in [0.4, 0.5) is 0 Å². The number of pyridine rings is 1. The summed E-state index contributed by atoms with van der Waals surface area (Å²) in [6.45, 7) is 4.82. The maximum atomic E-state index is 5.72. The number of aliphatic imine (C=N–C) groups is 1. The molecule has 0 amide bonds. The van der Waals surface area contributed by atoms with Crippen molar-refractivity contribution in [3.05, 3.63) is 241 Å². The van der Waals surface area contributed by atoms with Gasteiger partial charge in [-0.2, -0.15) is 0 Å². The Labute approximate surface area is 343 Å². The molecule has 0 N–H and O–H groups in total. The number of benzene rings is 8. The Morgan fingerprint density at radius 1 is 0.475 bits per heavy atom. The van der Waals surface area contributed by atoms with Gasteiger partial charge in [-0.25, -0.2) is 4.98 Å². The lowest BCUT2D eigenvalue weighted by molar-refractivity contribution is 0.830. The van der Waals surface area contributed by atoms with Gasteiger partial charge in [-0.05, 0) is 103 Å². The van der Waals surface area contributed by atoms with Gasteiger partial charge in [0.1, 0.15) is 5.65 Å². The van der Waals surface area contributed by atoms with Crippen LogP contribution in [-0.2, 0) is 6.42 Å². The summed E-state index contributed by atoms with van der Waals surface area (Å²) < 4.78 is 2.19. The predicted octanol–water partition coefficient (Wildman–Crippen LogP) is 14.0. The second kappa shape index (κ2) is 14.4. The Hall–Kier alpha value is -7.62. The Balaban J connectivity index is 1.12. The van der Waals surface area contributed by atoms with E-state index in [1.807, 2.05) is 6.07 Å². The van der Waals surface area contributed by atoms with Crippen molar-refractivity contribution < 1.29 is 0 Å². The third-order valence-corrected chi connectivity index (χ3v) is 11.8. The number of rotatable bonds is 6. The number of imidazole rings is 1.